The number of halogens is 1. The van der Waals surface area contributed by atoms with E-state index < -0.39 is 5.54 Å². The molecule has 4 aromatic rings. The van der Waals surface area contributed by atoms with E-state index >= 15 is 0 Å². The molecule has 0 atom stereocenters. The van der Waals surface area contributed by atoms with Crippen molar-refractivity contribution in [3.63, 3.8) is 0 Å². The molecule has 29 heavy (non-hydrogen) atoms. The third kappa shape index (κ3) is 2.91. The predicted octanol–water partition coefficient (Wildman–Crippen LogP) is 4.26. The summed E-state index contributed by atoms with van der Waals surface area (Å²) in [6.45, 7) is 3.93. The van der Waals surface area contributed by atoms with Gasteiger partial charge in [0, 0.05) is 23.0 Å². The predicted molar refractivity (Wildman–Crippen MR) is 109 cm³/mol. The maximum absolute atomic E-state index is 13.7. The molecule has 5 rings (SSSR count). The van der Waals surface area contributed by atoms with Gasteiger partial charge in [0.1, 0.15) is 5.82 Å². The summed E-state index contributed by atoms with van der Waals surface area (Å²) in [6, 6.07) is 15.7. The maximum atomic E-state index is 13.7. The van der Waals surface area contributed by atoms with Crippen molar-refractivity contribution in [3.8, 4) is 11.1 Å². The molecule has 1 amide bonds. The van der Waals surface area contributed by atoms with Gasteiger partial charge in [0.2, 0.25) is 5.95 Å². The van der Waals surface area contributed by atoms with Crippen LogP contribution in [0.5, 0.6) is 0 Å². The van der Waals surface area contributed by atoms with E-state index in [1.54, 1.807) is 22.8 Å². The lowest BCUT2D eigenvalue weighted by atomic mass is 9.94. The van der Waals surface area contributed by atoms with Crippen molar-refractivity contribution >= 4 is 23.2 Å². The number of benzene rings is 2. The zero-order chi connectivity index (χ0) is 20.2. The van der Waals surface area contributed by atoms with Gasteiger partial charge in [-0.2, -0.15) is 4.98 Å². The van der Waals surface area contributed by atoms with Crippen molar-refractivity contribution in [1.82, 2.24) is 19.9 Å². The fourth-order valence-corrected chi connectivity index (χ4v) is 3.73. The summed E-state index contributed by atoms with van der Waals surface area (Å²) in [5.74, 6) is 0.0531. The Labute approximate surface area is 166 Å². The molecule has 2 aromatic carbocycles. The second-order valence-corrected chi connectivity index (χ2v) is 7.60. The average molecular weight is 387 g/mol. The first-order valence-electron chi connectivity index (χ1n) is 9.26. The lowest BCUT2D eigenvalue weighted by molar-refractivity contribution is 0.0940. The van der Waals surface area contributed by atoms with Gasteiger partial charge in [0.25, 0.3) is 5.91 Å². The van der Waals surface area contributed by atoms with E-state index in [9.17, 15) is 9.18 Å². The van der Waals surface area contributed by atoms with Gasteiger partial charge in [0.05, 0.1) is 5.54 Å². The van der Waals surface area contributed by atoms with Crippen molar-refractivity contribution in [2.24, 2.45) is 0 Å². The van der Waals surface area contributed by atoms with Crippen molar-refractivity contribution in [1.29, 1.82) is 0 Å². The average Bonchev–Trinajstić information content (AvgIpc) is 3.19. The number of rotatable bonds is 3. The number of amides is 1. The Bertz CT molecular complexity index is 1280. The highest BCUT2D eigenvalue weighted by Crippen LogP contribution is 2.33. The number of nitrogens with one attached hydrogen (secondary N) is 2. The SMILES string of the molecule is CC1(C)NC(=O)c2ccc(Nc3nc4c(-c5cccc(F)c5)cccn4n3)cc21. The highest BCUT2D eigenvalue weighted by atomic mass is 19.1. The molecule has 0 saturated carbocycles. The van der Waals surface area contributed by atoms with Gasteiger partial charge >= 0.3 is 0 Å². The number of pyridine rings is 1. The number of aromatic nitrogens is 3. The number of hydrogen-bond donors (Lipinski definition) is 2. The molecule has 1 aliphatic heterocycles. The van der Waals surface area contributed by atoms with Gasteiger partial charge < -0.3 is 10.6 Å². The van der Waals surface area contributed by atoms with Gasteiger partial charge in [-0.25, -0.2) is 8.91 Å². The normalized spacial score (nSPS) is 14.7. The number of nitrogens with zero attached hydrogens (tertiary/aromatic N) is 3. The fraction of sp³-hybridized carbons (Fsp3) is 0.136. The number of anilines is 2. The van der Waals surface area contributed by atoms with Crippen molar-refractivity contribution in [2.75, 3.05) is 5.32 Å². The Morgan fingerprint density at radius 2 is 1.93 bits per heavy atom. The third-order valence-corrected chi connectivity index (χ3v) is 5.12. The van der Waals surface area contributed by atoms with Crippen LogP contribution >= 0.6 is 0 Å². The summed E-state index contributed by atoms with van der Waals surface area (Å²) in [5.41, 5.74) is 4.11. The second kappa shape index (κ2) is 6.13. The zero-order valence-electron chi connectivity index (χ0n) is 15.9. The van der Waals surface area contributed by atoms with Crippen LogP contribution in [0, 0.1) is 5.82 Å². The third-order valence-electron chi connectivity index (χ3n) is 5.12. The van der Waals surface area contributed by atoms with E-state index in [1.165, 1.54) is 12.1 Å². The molecule has 0 unspecified atom stereocenters. The molecule has 1 aliphatic rings. The fourth-order valence-electron chi connectivity index (χ4n) is 3.73. The van der Waals surface area contributed by atoms with Crippen LogP contribution in [0.25, 0.3) is 16.8 Å². The van der Waals surface area contributed by atoms with Crippen molar-refractivity contribution < 1.29 is 9.18 Å². The van der Waals surface area contributed by atoms with Crippen LogP contribution < -0.4 is 10.6 Å². The summed E-state index contributed by atoms with van der Waals surface area (Å²) < 4.78 is 15.3. The standard InChI is InChI=1S/C22H18FN5O/c1-22(2)18-12-15(8-9-17(18)20(29)26-22)24-21-25-19-16(7-4-10-28(19)27-21)13-5-3-6-14(23)11-13/h3-12H,1-2H3,(H,24,27)(H,26,29). The lowest BCUT2D eigenvalue weighted by Crippen LogP contribution is -2.32. The monoisotopic (exact) mass is 387 g/mol. The van der Waals surface area contributed by atoms with Crippen LogP contribution in [-0.4, -0.2) is 20.5 Å². The van der Waals surface area contributed by atoms with E-state index in [1.807, 2.05) is 44.2 Å². The van der Waals surface area contributed by atoms with Gasteiger partial charge in [-0.1, -0.05) is 12.1 Å². The smallest absolute Gasteiger partial charge is 0.252 e. The van der Waals surface area contributed by atoms with Gasteiger partial charge in [-0.05, 0) is 67.4 Å². The zero-order valence-corrected chi connectivity index (χ0v) is 15.9. The topological polar surface area (TPSA) is 71.3 Å². The van der Waals surface area contributed by atoms with Crippen LogP contribution in [0.2, 0.25) is 0 Å². The van der Waals surface area contributed by atoms with Crippen LogP contribution in [0.1, 0.15) is 29.8 Å². The second-order valence-electron chi connectivity index (χ2n) is 7.60. The molecule has 2 aromatic heterocycles. The molecular formula is C22H18FN5O. The number of carbonyl (C=O) groups excluding carboxylic acids is 1. The van der Waals surface area contributed by atoms with Crippen molar-refractivity contribution in [3.05, 3.63) is 77.7 Å². The summed E-state index contributed by atoms with van der Waals surface area (Å²) in [5, 5.41) is 10.7. The molecule has 0 spiro atoms. The molecule has 0 bridgehead atoms. The molecular weight excluding hydrogens is 369 g/mol. The summed E-state index contributed by atoms with van der Waals surface area (Å²) in [6.07, 6.45) is 1.80. The van der Waals surface area contributed by atoms with Gasteiger partial charge in [-0.3, -0.25) is 4.79 Å². The first-order chi connectivity index (χ1) is 13.9. The Morgan fingerprint density at radius 3 is 2.76 bits per heavy atom. The van der Waals surface area contributed by atoms with E-state index in [4.69, 9.17) is 0 Å². The Kier molecular flexibility index (Phi) is 3.67. The first kappa shape index (κ1) is 17.4. The molecule has 7 heteroatoms. The highest BCUT2D eigenvalue weighted by Gasteiger charge is 2.34. The summed E-state index contributed by atoms with van der Waals surface area (Å²) >= 11 is 0. The minimum atomic E-state index is -0.430. The van der Waals surface area contributed by atoms with Gasteiger partial charge in [-0.15, -0.1) is 5.10 Å². The van der Waals surface area contributed by atoms with Crippen LogP contribution in [0.15, 0.2) is 60.8 Å². The molecule has 0 saturated heterocycles. The quantitative estimate of drug-likeness (QED) is 0.551. The van der Waals surface area contributed by atoms with E-state index in [-0.39, 0.29) is 11.7 Å². The Hall–Kier alpha value is -3.74. The largest absolute Gasteiger partial charge is 0.343 e. The number of hydrogen-bond acceptors (Lipinski definition) is 4. The molecule has 2 N–H and O–H groups in total. The summed E-state index contributed by atoms with van der Waals surface area (Å²) in [4.78, 5) is 16.7. The van der Waals surface area contributed by atoms with Crippen LogP contribution in [0.4, 0.5) is 16.0 Å². The van der Waals surface area contributed by atoms with Crippen LogP contribution in [-0.2, 0) is 5.54 Å². The minimum absolute atomic E-state index is 0.0675. The molecule has 0 aliphatic carbocycles. The first-order valence-corrected chi connectivity index (χ1v) is 9.26. The van der Waals surface area contributed by atoms with E-state index in [2.05, 4.69) is 20.7 Å². The maximum Gasteiger partial charge on any atom is 0.252 e. The van der Waals surface area contributed by atoms with Crippen LogP contribution in [0.3, 0.4) is 0 Å². The Morgan fingerprint density at radius 1 is 1.07 bits per heavy atom. The van der Waals surface area contributed by atoms with E-state index in [0.717, 1.165) is 22.4 Å². The van der Waals surface area contributed by atoms with Gasteiger partial charge in [0.15, 0.2) is 5.65 Å². The number of carbonyl (C=O) groups is 1. The van der Waals surface area contributed by atoms with Crippen molar-refractivity contribution in [2.45, 2.75) is 19.4 Å². The van der Waals surface area contributed by atoms with E-state index in [0.29, 0.717) is 17.2 Å². The lowest BCUT2D eigenvalue weighted by Gasteiger charge is -2.19. The molecule has 0 radical (unpaired) electrons. The molecule has 6 nitrogen and oxygen atoms in total. The minimum Gasteiger partial charge on any atom is -0.343 e. The highest BCUT2D eigenvalue weighted by molar-refractivity contribution is 6.00. The molecule has 3 heterocycles. The summed E-state index contributed by atoms with van der Waals surface area (Å²) in [7, 11) is 0. The molecule has 144 valence electrons. The Balaban J connectivity index is 1.53. The molecule has 0 fully saturated rings. The number of fused-ring (bicyclic) bond motifs is 2.